The summed E-state index contributed by atoms with van der Waals surface area (Å²) in [5, 5.41) is 0. The lowest BCUT2D eigenvalue weighted by atomic mass is 10.3. The summed E-state index contributed by atoms with van der Waals surface area (Å²) in [6.45, 7) is 3.53. The third-order valence-electron chi connectivity index (χ3n) is 1.18. The maximum atomic E-state index is 8.77. The van der Waals surface area contributed by atoms with Gasteiger partial charge in [0.25, 0.3) is 7.82 Å². The van der Waals surface area contributed by atoms with Crippen LogP contribution in [0.15, 0.2) is 0 Å². The van der Waals surface area contributed by atoms with Crippen molar-refractivity contribution in [2.24, 2.45) is 0 Å². The van der Waals surface area contributed by atoms with Gasteiger partial charge in [-0.15, -0.1) is 0 Å². The summed E-state index contributed by atoms with van der Waals surface area (Å²) in [4.78, 5) is 22.9. The molecule has 2 N–H and O–H groups in total. The molecule has 13 heavy (non-hydrogen) atoms. The Balaban J connectivity index is 0. The van der Waals surface area contributed by atoms with E-state index in [1.807, 2.05) is 0 Å². The highest BCUT2D eigenvalue weighted by atomic mass is 31.2. The van der Waals surface area contributed by atoms with Crippen LogP contribution in [0.2, 0.25) is 0 Å². The molecular weight excluding hydrogens is 193 g/mol. The summed E-state index contributed by atoms with van der Waals surface area (Å²) in [5.41, 5.74) is 0. The molecule has 0 aromatic carbocycles. The van der Waals surface area contributed by atoms with Crippen LogP contribution in [0.25, 0.3) is 0 Å². The van der Waals surface area contributed by atoms with E-state index in [0.717, 1.165) is 4.48 Å². The Hall–Kier alpha value is 0.0700. The fourth-order valence-electron chi connectivity index (χ4n) is 0.632. The Morgan fingerprint density at radius 2 is 1.62 bits per heavy atom. The largest absolute Gasteiger partial charge is 0.756 e. The summed E-state index contributed by atoms with van der Waals surface area (Å²) in [6, 6.07) is 0. The van der Waals surface area contributed by atoms with Crippen molar-refractivity contribution in [3.05, 3.63) is 0 Å². The van der Waals surface area contributed by atoms with Crippen LogP contribution in [0.5, 0.6) is 0 Å². The molecule has 0 unspecified atom stereocenters. The molecule has 0 aliphatic heterocycles. The summed E-state index contributed by atoms with van der Waals surface area (Å²) >= 11 is 0. The average molecular weight is 213 g/mol. The van der Waals surface area contributed by atoms with Gasteiger partial charge in [0.05, 0.1) is 27.7 Å². The number of hydrogen-bond donors (Lipinski definition) is 2. The Kier molecular flexibility index (Phi) is 7.78. The standard InChI is InChI=1S/C7H18N.H3O4P/c1-5-6-7-8(2,3)4;1-5(2,3)4/h5-7H2,1-4H3;(H3,1,2,3,4)/q+1;/p-1. The summed E-state index contributed by atoms with van der Waals surface area (Å²) in [7, 11) is 1.81. The molecule has 0 aromatic rings. The topological polar surface area (TPSA) is 80.6 Å². The van der Waals surface area contributed by atoms with E-state index < -0.39 is 7.82 Å². The minimum absolute atomic E-state index is 1.10. The molecule has 6 heteroatoms. The van der Waals surface area contributed by atoms with Gasteiger partial charge in [0.1, 0.15) is 0 Å². The van der Waals surface area contributed by atoms with Crippen LogP contribution >= 0.6 is 7.82 Å². The van der Waals surface area contributed by atoms with E-state index >= 15 is 0 Å². The Labute approximate surface area is 79.8 Å². The number of rotatable bonds is 3. The lowest BCUT2D eigenvalue weighted by Crippen LogP contribution is -2.35. The first kappa shape index (κ1) is 15.5. The third-order valence-corrected chi connectivity index (χ3v) is 1.18. The van der Waals surface area contributed by atoms with E-state index in [4.69, 9.17) is 19.2 Å². The zero-order valence-electron chi connectivity index (χ0n) is 8.73. The Morgan fingerprint density at radius 3 is 1.69 bits per heavy atom. The number of unbranched alkanes of at least 4 members (excludes halogenated alkanes) is 1. The molecule has 82 valence electrons. The Morgan fingerprint density at radius 1 is 1.31 bits per heavy atom. The molecule has 0 spiro atoms. The van der Waals surface area contributed by atoms with Gasteiger partial charge in [0.2, 0.25) is 0 Å². The van der Waals surface area contributed by atoms with Crippen LogP contribution in [0, 0.1) is 0 Å². The van der Waals surface area contributed by atoms with E-state index in [1.54, 1.807) is 0 Å². The molecule has 0 atom stereocenters. The lowest BCUT2D eigenvalue weighted by molar-refractivity contribution is -0.870. The fraction of sp³-hybridized carbons (Fsp3) is 1.00. The SMILES string of the molecule is CCCC[N+](C)(C)C.O=P([O-])(O)O. The monoisotopic (exact) mass is 213 g/mol. The molecule has 0 aliphatic rings. The number of nitrogens with zero attached hydrogens (tertiary/aromatic N) is 1. The molecule has 0 saturated heterocycles. The number of quaternary nitrogens is 1. The van der Waals surface area contributed by atoms with Gasteiger partial charge in [-0.3, -0.25) is 4.57 Å². The maximum Gasteiger partial charge on any atom is 0.262 e. The van der Waals surface area contributed by atoms with Gasteiger partial charge < -0.3 is 19.2 Å². The second-order valence-corrected chi connectivity index (χ2v) is 4.84. The van der Waals surface area contributed by atoms with Crippen molar-refractivity contribution < 1.29 is 23.7 Å². The molecule has 0 aromatic heterocycles. The van der Waals surface area contributed by atoms with E-state index in [2.05, 4.69) is 28.1 Å². The quantitative estimate of drug-likeness (QED) is 0.508. The molecule has 0 amide bonds. The van der Waals surface area contributed by atoms with Gasteiger partial charge >= 0.3 is 0 Å². The highest BCUT2D eigenvalue weighted by molar-refractivity contribution is 7.43. The molecule has 0 saturated carbocycles. The predicted molar refractivity (Wildman–Crippen MR) is 49.9 cm³/mol. The van der Waals surface area contributed by atoms with Gasteiger partial charge in [-0.05, 0) is 6.42 Å². The van der Waals surface area contributed by atoms with Crippen LogP contribution in [0.1, 0.15) is 19.8 Å². The first-order valence-electron chi connectivity index (χ1n) is 4.13. The zero-order chi connectivity index (χ0) is 11.1. The molecule has 0 heterocycles. The predicted octanol–water partition coefficient (Wildman–Crippen LogP) is -0.0679. The van der Waals surface area contributed by atoms with Crippen molar-refractivity contribution in [1.82, 2.24) is 0 Å². The maximum absolute atomic E-state index is 8.77. The number of hydrogen-bond acceptors (Lipinski definition) is 2. The lowest BCUT2D eigenvalue weighted by Gasteiger charge is -2.23. The second-order valence-electron chi connectivity index (χ2n) is 3.86. The smallest absolute Gasteiger partial charge is 0.262 e. The van der Waals surface area contributed by atoms with Crippen molar-refractivity contribution in [3.63, 3.8) is 0 Å². The first-order chi connectivity index (χ1) is 5.56. The summed E-state index contributed by atoms with van der Waals surface area (Å²) in [5.74, 6) is 0. The van der Waals surface area contributed by atoms with Crippen molar-refractivity contribution >= 4 is 7.82 Å². The summed E-state index contributed by atoms with van der Waals surface area (Å²) < 4.78 is 9.88. The highest BCUT2D eigenvalue weighted by Crippen LogP contribution is 2.18. The first-order valence-corrected chi connectivity index (χ1v) is 5.66. The van der Waals surface area contributed by atoms with Gasteiger partial charge in [-0.1, -0.05) is 13.3 Å². The van der Waals surface area contributed by atoms with E-state index in [0.29, 0.717) is 0 Å². The number of phosphoric acid groups is 1. The minimum atomic E-state index is -4.89. The summed E-state index contributed by atoms with van der Waals surface area (Å²) in [6.07, 6.45) is 2.67. The molecule has 0 aliphatic carbocycles. The van der Waals surface area contributed by atoms with Crippen LogP contribution < -0.4 is 4.89 Å². The Bertz CT molecular complexity index is 152. The zero-order valence-corrected chi connectivity index (χ0v) is 9.62. The van der Waals surface area contributed by atoms with Gasteiger partial charge in [-0.2, -0.15) is 0 Å². The van der Waals surface area contributed by atoms with Crippen molar-refractivity contribution in [2.75, 3.05) is 27.7 Å². The second kappa shape index (κ2) is 6.51. The van der Waals surface area contributed by atoms with Crippen LogP contribution in [0.3, 0.4) is 0 Å². The minimum Gasteiger partial charge on any atom is -0.756 e. The molecule has 5 nitrogen and oxygen atoms in total. The van der Waals surface area contributed by atoms with Crippen molar-refractivity contribution in [2.45, 2.75) is 19.8 Å². The molecule has 0 bridgehead atoms. The molecular formula is C7H20NO4P. The van der Waals surface area contributed by atoms with Gasteiger partial charge in [0, 0.05) is 0 Å². The van der Waals surface area contributed by atoms with Gasteiger partial charge in [0.15, 0.2) is 0 Å². The molecule has 0 fully saturated rings. The van der Waals surface area contributed by atoms with Gasteiger partial charge in [-0.25, -0.2) is 0 Å². The van der Waals surface area contributed by atoms with Crippen LogP contribution in [-0.4, -0.2) is 42.0 Å². The van der Waals surface area contributed by atoms with E-state index in [9.17, 15) is 0 Å². The highest BCUT2D eigenvalue weighted by Gasteiger charge is 2.02. The molecule has 0 radical (unpaired) electrons. The van der Waals surface area contributed by atoms with E-state index in [-0.39, 0.29) is 0 Å². The fourth-order valence-corrected chi connectivity index (χ4v) is 0.632. The normalized spacial score (nSPS) is 11.9. The average Bonchev–Trinajstić information content (AvgIpc) is 1.77. The molecule has 0 rings (SSSR count). The van der Waals surface area contributed by atoms with E-state index in [1.165, 1.54) is 19.4 Å². The third kappa shape index (κ3) is 47.6. The van der Waals surface area contributed by atoms with Crippen molar-refractivity contribution in [1.29, 1.82) is 0 Å². The van der Waals surface area contributed by atoms with Crippen molar-refractivity contribution in [3.8, 4) is 0 Å². The van der Waals surface area contributed by atoms with Crippen LogP contribution in [-0.2, 0) is 4.57 Å². The van der Waals surface area contributed by atoms with Crippen LogP contribution in [0.4, 0.5) is 0 Å².